The Balaban J connectivity index is 1.82. The van der Waals surface area contributed by atoms with Gasteiger partial charge in [0.25, 0.3) is 0 Å². The highest BCUT2D eigenvalue weighted by Gasteiger charge is 2.32. The summed E-state index contributed by atoms with van der Waals surface area (Å²) >= 11 is 2.00. The number of esters is 1. The molecule has 0 spiro atoms. The summed E-state index contributed by atoms with van der Waals surface area (Å²) < 4.78 is 11.6. The topological polar surface area (TPSA) is 35.5 Å². The molecule has 0 unspecified atom stereocenters. The number of thioether (sulfide) groups is 1. The maximum Gasteiger partial charge on any atom is 0.306 e. The Morgan fingerprint density at radius 1 is 1.00 bits per heavy atom. The third kappa shape index (κ3) is 6.15. The van der Waals surface area contributed by atoms with Crippen LogP contribution in [0.4, 0.5) is 0 Å². The minimum absolute atomic E-state index is 0.0231. The molecule has 1 aliphatic rings. The van der Waals surface area contributed by atoms with Crippen molar-refractivity contribution in [2.45, 2.75) is 96.2 Å². The average molecular weight is 469 g/mol. The molecule has 0 aliphatic carbocycles. The summed E-state index contributed by atoms with van der Waals surface area (Å²) in [7, 11) is 0. The summed E-state index contributed by atoms with van der Waals surface area (Å²) in [6.07, 6.45) is 3.19. The molecular formula is C29H40O3S. The first kappa shape index (κ1) is 25.7. The van der Waals surface area contributed by atoms with Crippen molar-refractivity contribution in [3.8, 4) is 5.75 Å². The predicted molar refractivity (Wildman–Crippen MR) is 139 cm³/mol. The van der Waals surface area contributed by atoms with E-state index in [2.05, 4.69) is 84.9 Å². The first-order valence-electron chi connectivity index (χ1n) is 12.3. The molecule has 0 N–H and O–H groups in total. The Morgan fingerprint density at radius 2 is 1.64 bits per heavy atom. The first-order chi connectivity index (χ1) is 15.6. The highest BCUT2D eigenvalue weighted by molar-refractivity contribution is 7.99. The maximum atomic E-state index is 11.3. The van der Waals surface area contributed by atoms with Crippen molar-refractivity contribution < 1.29 is 14.3 Å². The van der Waals surface area contributed by atoms with E-state index in [1.165, 1.54) is 22.3 Å². The molecule has 0 radical (unpaired) electrons. The minimum atomic E-state index is -0.125. The van der Waals surface area contributed by atoms with Gasteiger partial charge < -0.3 is 9.47 Å². The molecular weight excluding hydrogens is 428 g/mol. The zero-order chi connectivity index (χ0) is 24.2. The van der Waals surface area contributed by atoms with Crippen LogP contribution in [0.5, 0.6) is 5.75 Å². The maximum absolute atomic E-state index is 11.3. The summed E-state index contributed by atoms with van der Waals surface area (Å²) in [6, 6.07) is 13.7. The van der Waals surface area contributed by atoms with Crippen LogP contribution < -0.4 is 4.74 Å². The summed E-state index contributed by atoms with van der Waals surface area (Å²) in [5, 5.41) is 0. The van der Waals surface area contributed by atoms with E-state index in [9.17, 15) is 4.79 Å². The molecule has 1 aliphatic heterocycles. The number of carbonyl (C=O) groups is 1. The van der Waals surface area contributed by atoms with Gasteiger partial charge in [-0.25, -0.2) is 0 Å². The molecule has 2 aromatic carbocycles. The SMILES string of the molecule is CCC(CC)(c1ccc(CSC(C)(C)C)c(C)c1)c1ccc(OC[C@@H]2CCC(=O)O2)c(C)c1. The molecule has 0 amide bonds. The summed E-state index contributed by atoms with van der Waals surface area (Å²) in [5.41, 5.74) is 6.62. The van der Waals surface area contributed by atoms with Crippen LogP contribution in [0.25, 0.3) is 0 Å². The first-order valence-corrected chi connectivity index (χ1v) is 13.2. The molecule has 33 heavy (non-hydrogen) atoms. The van der Waals surface area contributed by atoms with E-state index in [4.69, 9.17) is 9.47 Å². The van der Waals surface area contributed by atoms with E-state index in [1.54, 1.807) is 0 Å². The Bertz CT molecular complexity index is 969. The zero-order valence-corrected chi connectivity index (χ0v) is 22.2. The van der Waals surface area contributed by atoms with Crippen LogP contribution in [0.1, 0.15) is 88.1 Å². The monoisotopic (exact) mass is 468 g/mol. The quantitative estimate of drug-likeness (QED) is 0.356. The number of aryl methyl sites for hydroxylation is 2. The average Bonchev–Trinajstić information content (AvgIpc) is 3.18. The van der Waals surface area contributed by atoms with Gasteiger partial charge in [-0.3, -0.25) is 4.79 Å². The fourth-order valence-corrected chi connectivity index (χ4v) is 5.59. The second kappa shape index (κ2) is 10.5. The second-order valence-corrected chi connectivity index (χ2v) is 12.1. The van der Waals surface area contributed by atoms with Crippen LogP contribution in [-0.2, 0) is 20.7 Å². The standard InChI is InChI=1S/C29H40O3S/c1-8-29(9-2,23-11-10-22(20(3)16-23)19-33-28(5,6)7)24-12-14-26(21(4)17-24)31-18-25-13-15-27(30)32-25/h10-12,14,16-17,25H,8-9,13,15,18-19H2,1-7H3/t25-/m0/s1. The molecule has 3 nitrogen and oxygen atoms in total. The lowest BCUT2D eigenvalue weighted by Gasteiger charge is -2.34. The molecule has 0 aromatic heterocycles. The van der Waals surface area contributed by atoms with Crippen molar-refractivity contribution >= 4 is 17.7 Å². The van der Waals surface area contributed by atoms with E-state index in [1.807, 2.05) is 11.8 Å². The number of hydrogen-bond acceptors (Lipinski definition) is 4. The predicted octanol–water partition coefficient (Wildman–Crippen LogP) is 7.53. The Labute approximate surface area is 204 Å². The highest BCUT2D eigenvalue weighted by atomic mass is 32.2. The normalized spacial score (nSPS) is 16.7. The molecule has 180 valence electrons. The fourth-order valence-electron chi connectivity index (χ4n) is 4.67. The molecule has 1 heterocycles. The van der Waals surface area contributed by atoms with Crippen LogP contribution in [-0.4, -0.2) is 23.4 Å². The van der Waals surface area contributed by atoms with Gasteiger partial charge >= 0.3 is 5.97 Å². The number of benzene rings is 2. The van der Waals surface area contributed by atoms with Crippen LogP contribution >= 0.6 is 11.8 Å². The third-order valence-corrected chi connectivity index (χ3v) is 8.21. The summed E-state index contributed by atoms with van der Waals surface area (Å²) in [6.45, 7) is 16.2. The Morgan fingerprint density at radius 3 is 2.15 bits per heavy atom. The molecule has 0 saturated carbocycles. The van der Waals surface area contributed by atoms with Crippen molar-refractivity contribution in [3.05, 3.63) is 64.2 Å². The third-order valence-electron chi connectivity index (χ3n) is 6.88. The fraction of sp³-hybridized carbons (Fsp3) is 0.552. The van der Waals surface area contributed by atoms with Crippen molar-refractivity contribution in [3.63, 3.8) is 0 Å². The smallest absolute Gasteiger partial charge is 0.306 e. The Hall–Kier alpha value is -1.94. The number of ether oxygens (including phenoxy) is 2. The van der Waals surface area contributed by atoms with Gasteiger partial charge in [-0.2, -0.15) is 11.8 Å². The zero-order valence-electron chi connectivity index (χ0n) is 21.4. The van der Waals surface area contributed by atoms with Gasteiger partial charge in [-0.05, 0) is 67.0 Å². The highest BCUT2D eigenvalue weighted by Crippen LogP contribution is 2.41. The number of cyclic esters (lactones) is 1. The number of rotatable bonds is 9. The largest absolute Gasteiger partial charge is 0.489 e. The van der Waals surface area contributed by atoms with Crippen molar-refractivity contribution in [2.75, 3.05) is 6.61 Å². The molecule has 1 saturated heterocycles. The van der Waals surface area contributed by atoms with E-state index in [0.29, 0.717) is 13.0 Å². The van der Waals surface area contributed by atoms with Crippen LogP contribution in [0, 0.1) is 13.8 Å². The van der Waals surface area contributed by atoms with Gasteiger partial charge in [-0.1, -0.05) is 65.0 Å². The number of carbonyl (C=O) groups excluding carboxylic acids is 1. The van der Waals surface area contributed by atoms with Gasteiger partial charge in [0, 0.05) is 22.3 Å². The van der Waals surface area contributed by atoms with Gasteiger partial charge in [-0.15, -0.1) is 0 Å². The summed E-state index contributed by atoms with van der Waals surface area (Å²) in [4.78, 5) is 11.3. The molecule has 3 rings (SSSR count). The summed E-state index contributed by atoms with van der Waals surface area (Å²) in [5.74, 6) is 1.79. The van der Waals surface area contributed by atoms with E-state index in [-0.39, 0.29) is 22.2 Å². The van der Waals surface area contributed by atoms with Crippen molar-refractivity contribution in [1.82, 2.24) is 0 Å². The van der Waals surface area contributed by atoms with Crippen LogP contribution in [0.15, 0.2) is 36.4 Å². The van der Waals surface area contributed by atoms with Crippen molar-refractivity contribution in [2.24, 2.45) is 0 Å². The lowest BCUT2D eigenvalue weighted by atomic mass is 9.70. The van der Waals surface area contributed by atoms with Crippen LogP contribution in [0.3, 0.4) is 0 Å². The number of hydrogen-bond donors (Lipinski definition) is 0. The van der Waals surface area contributed by atoms with Gasteiger partial charge in [0.15, 0.2) is 0 Å². The van der Waals surface area contributed by atoms with E-state index < -0.39 is 0 Å². The Kier molecular flexibility index (Phi) is 8.21. The second-order valence-electron chi connectivity index (χ2n) is 10.3. The molecule has 1 atom stereocenters. The van der Waals surface area contributed by atoms with Gasteiger partial charge in [0.1, 0.15) is 18.5 Å². The lowest BCUT2D eigenvalue weighted by Crippen LogP contribution is -2.26. The van der Waals surface area contributed by atoms with Gasteiger partial charge in [0.05, 0.1) is 0 Å². The molecule has 4 heteroatoms. The molecule has 2 aromatic rings. The molecule has 1 fully saturated rings. The van der Waals surface area contributed by atoms with E-state index >= 15 is 0 Å². The molecule has 0 bridgehead atoms. The van der Waals surface area contributed by atoms with Crippen molar-refractivity contribution in [1.29, 1.82) is 0 Å². The van der Waals surface area contributed by atoms with Gasteiger partial charge in [0.2, 0.25) is 0 Å². The van der Waals surface area contributed by atoms with Crippen LogP contribution in [0.2, 0.25) is 0 Å². The van der Waals surface area contributed by atoms with E-state index in [0.717, 1.165) is 36.3 Å². The minimum Gasteiger partial charge on any atom is -0.489 e. The lowest BCUT2D eigenvalue weighted by molar-refractivity contribution is -0.142.